The molecule has 1 saturated carbocycles. The number of hydrogen-bond donors (Lipinski definition) is 0. The second-order valence-electron chi connectivity index (χ2n) is 8.69. The topological polar surface area (TPSA) is 12.5 Å². The van der Waals surface area contributed by atoms with Gasteiger partial charge in [-0.3, -0.25) is 0 Å². The Bertz CT molecular complexity index is 823. The fourth-order valence-corrected chi connectivity index (χ4v) is 4.76. The van der Waals surface area contributed by atoms with E-state index in [1.165, 1.54) is 37.0 Å². The molecule has 0 N–H and O–H groups in total. The fraction of sp³-hybridized carbons (Fsp3) is 0.500. The minimum absolute atomic E-state index is 0.258. The van der Waals surface area contributed by atoms with Crippen LogP contribution in [0.1, 0.15) is 43.2 Å². The fourth-order valence-electron chi connectivity index (χ4n) is 4.64. The van der Waals surface area contributed by atoms with Crippen LogP contribution in [0.4, 0.5) is 13.2 Å². The standard InChI is InChI=1S/C24H27ClF3NO/c25-21-6-2-19(3-7-21)23(12-1-13-23)17-29-14-10-18(11-15-29)16-30-22-8-4-20(5-9-22)24(26,27)28/h2-9,18H,1,10-17H2. The molecule has 2 aliphatic rings. The van der Waals surface area contributed by atoms with Crippen LogP contribution in [-0.2, 0) is 11.6 Å². The first-order valence-corrected chi connectivity index (χ1v) is 11.0. The molecule has 2 aromatic rings. The summed E-state index contributed by atoms with van der Waals surface area (Å²) in [7, 11) is 0. The van der Waals surface area contributed by atoms with Gasteiger partial charge in [-0.25, -0.2) is 0 Å². The number of rotatable bonds is 6. The van der Waals surface area contributed by atoms with Gasteiger partial charge in [0.25, 0.3) is 0 Å². The third kappa shape index (κ3) is 4.94. The van der Waals surface area contributed by atoms with Crippen LogP contribution in [0, 0.1) is 5.92 Å². The minimum Gasteiger partial charge on any atom is -0.493 e. The smallest absolute Gasteiger partial charge is 0.416 e. The molecule has 1 aliphatic heterocycles. The summed E-state index contributed by atoms with van der Waals surface area (Å²) in [6, 6.07) is 13.3. The summed E-state index contributed by atoms with van der Waals surface area (Å²) in [6.07, 6.45) is 1.53. The highest BCUT2D eigenvalue weighted by Gasteiger charge is 2.40. The van der Waals surface area contributed by atoms with E-state index in [2.05, 4.69) is 17.0 Å². The van der Waals surface area contributed by atoms with E-state index in [1.54, 1.807) is 0 Å². The SMILES string of the molecule is FC(F)(F)c1ccc(OCC2CCN(CC3(c4ccc(Cl)cc4)CCC3)CC2)cc1. The third-order valence-corrected chi connectivity index (χ3v) is 6.92. The number of piperidine rings is 1. The van der Waals surface area contributed by atoms with Crippen LogP contribution in [-0.4, -0.2) is 31.1 Å². The van der Waals surface area contributed by atoms with Gasteiger partial charge in [-0.15, -0.1) is 0 Å². The van der Waals surface area contributed by atoms with Crippen LogP contribution < -0.4 is 4.74 Å². The van der Waals surface area contributed by atoms with Gasteiger partial charge in [-0.2, -0.15) is 13.2 Å². The highest BCUT2D eigenvalue weighted by molar-refractivity contribution is 6.30. The normalized spacial score (nSPS) is 20.0. The maximum Gasteiger partial charge on any atom is 0.416 e. The largest absolute Gasteiger partial charge is 0.493 e. The average Bonchev–Trinajstić information content (AvgIpc) is 2.70. The van der Waals surface area contributed by atoms with Crippen molar-refractivity contribution >= 4 is 11.6 Å². The molecule has 162 valence electrons. The third-order valence-electron chi connectivity index (χ3n) is 6.67. The Morgan fingerprint density at radius 2 is 1.60 bits per heavy atom. The molecular formula is C24H27ClF3NO. The second kappa shape index (κ2) is 8.80. The molecule has 30 heavy (non-hydrogen) atoms. The lowest BCUT2D eigenvalue weighted by atomic mass is 9.64. The quantitative estimate of drug-likeness (QED) is 0.506. The summed E-state index contributed by atoms with van der Waals surface area (Å²) >= 11 is 6.06. The van der Waals surface area contributed by atoms with Crippen molar-refractivity contribution in [3.05, 3.63) is 64.7 Å². The predicted molar refractivity (Wildman–Crippen MR) is 113 cm³/mol. The summed E-state index contributed by atoms with van der Waals surface area (Å²) < 4.78 is 43.7. The van der Waals surface area contributed by atoms with Crippen LogP contribution in [0.25, 0.3) is 0 Å². The zero-order valence-electron chi connectivity index (χ0n) is 16.9. The number of benzene rings is 2. The van der Waals surface area contributed by atoms with Gasteiger partial charge in [0.15, 0.2) is 0 Å². The molecule has 0 unspecified atom stereocenters. The molecule has 1 saturated heterocycles. The van der Waals surface area contributed by atoms with E-state index in [0.717, 1.165) is 49.6 Å². The van der Waals surface area contributed by atoms with E-state index in [0.29, 0.717) is 18.3 Å². The summed E-state index contributed by atoms with van der Waals surface area (Å²) in [4.78, 5) is 2.56. The van der Waals surface area contributed by atoms with Gasteiger partial charge in [0.05, 0.1) is 12.2 Å². The van der Waals surface area contributed by atoms with Crippen molar-refractivity contribution in [3.8, 4) is 5.75 Å². The zero-order chi connectivity index (χ0) is 21.2. The Hall–Kier alpha value is -1.72. The molecule has 4 rings (SSSR count). The lowest BCUT2D eigenvalue weighted by molar-refractivity contribution is -0.137. The van der Waals surface area contributed by atoms with Gasteiger partial charge in [-0.05, 0) is 86.7 Å². The summed E-state index contributed by atoms with van der Waals surface area (Å²) in [5.41, 5.74) is 1.01. The van der Waals surface area contributed by atoms with E-state index >= 15 is 0 Å². The van der Waals surface area contributed by atoms with Gasteiger partial charge in [0.2, 0.25) is 0 Å². The highest BCUT2D eigenvalue weighted by Crippen LogP contribution is 2.45. The lowest BCUT2D eigenvalue weighted by Gasteiger charge is -2.47. The zero-order valence-corrected chi connectivity index (χ0v) is 17.7. The monoisotopic (exact) mass is 437 g/mol. The van der Waals surface area contributed by atoms with Gasteiger partial charge in [0, 0.05) is 17.0 Å². The van der Waals surface area contributed by atoms with Crippen molar-refractivity contribution in [2.45, 2.75) is 43.7 Å². The molecule has 0 aromatic heterocycles. The van der Waals surface area contributed by atoms with E-state index in [4.69, 9.17) is 16.3 Å². The Kier molecular flexibility index (Phi) is 6.31. The molecule has 1 heterocycles. The Morgan fingerprint density at radius 3 is 2.13 bits per heavy atom. The van der Waals surface area contributed by atoms with Crippen LogP contribution in [0.3, 0.4) is 0 Å². The molecule has 1 aliphatic carbocycles. The number of hydrogen-bond acceptors (Lipinski definition) is 2. The van der Waals surface area contributed by atoms with E-state index in [-0.39, 0.29) is 5.41 Å². The minimum atomic E-state index is -4.31. The van der Waals surface area contributed by atoms with Gasteiger partial charge >= 0.3 is 6.18 Å². The first-order chi connectivity index (χ1) is 14.3. The molecule has 6 heteroatoms. The van der Waals surface area contributed by atoms with Crippen molar-refractivity contribution in [2.24, 2.45) is 5.92 Å². The number of alkyl halides is 3. The molecule has 0 bridgehead atoms. The first-order valence-electron chi connectivity index (χ1n) is 10.6. The van der Waals surface area contributed by atoms with Crippen molar-refractivity contribution in [1.82, 2.24) is 4.90 Å². The van der Waals surface area contributed by atoms with Crippen LogP contribution in [0.5, 0.6) is 5.75 Å². The van der Waals surface area contributed by atoms with Crippen molar-refractivity contribution in [2.75, 3.05) is 26.2 Å². The number of likely N-dealkylation sites (tertiary alicyclic amines) is 1. The molecule has 0 atom stereocenters. The molecule has 2 fully saturated rings. The summed E-state index contributed by atoms with van der Waals surface area (Å²) in [5.74, 6) is 0.943. The first kappa shape index (κ1) is 21.5. The van der Waals surface area contributed by atoms with Crippen molar-refractivity contribution in [3.63, 3.8) is 0 Å². The lowest BCUT2D eigenvalue weighted by Crippen LogP contribution is -2.48. The Morgan fingerprint density at radius 1 is 0.967 bits per heavy atom. The maximum atomic E-state index is 12.7. The molecule has 2 aromatic carbocycles. The second-order valence-corrected chi connectivity index (χ2v) is 9.13. The van der Waals surface area contributed by atoms with E-state index < -0.39 is 11.7 Å². The summed E-state index contributed by atoms with van der Waals surface area (Å²) in [5, 5.41) is 0.780. The van der Waals surface area contributed by atoms with E-state index in [9.17, 15) is 13.2 Å². The molecular weight excluding hydrogens is 411 g/mol. The summed E-state index contributed by atoms with van der Waals surface area (Å²) in [6.45, 7) is 3.72. The number of halogens is 4. The Balaban J connectivity index is 1.25. The molecule has 0 amide bonds. The number of ether oxygens (including phenoxy) is 1. The van der Waals surface area contributed by atoms with Crippen LogP contribution in [0.15, 0.2) is 48.5 Å². The van der Waals surface area contributed by atoms with Gasteiger partial charge < -0.3 is 9.64 Å². The highest BCUT2D eigenvalue weighted by atomic mass is 35.5. The van der Waals surface area contributed by atoms with E-state index in [1.807, 2.05) is 12.1 Å². The predicted octanol–water partition coefficient (Wildman–Crippen LogP) is 6.57. The van der Waals surface area contributed by atoms with Gasteiger partial charge in [0.1, 0.15) is 5.75 Å². The molecule has 0 spiro atoms. The van der Waals surface area contributed by atoms with Gasteiger partial charge in [-0.1, -0.05) is 30.2 Å². The van der Waals surface area contributed by atoms with Crippen LogP contribution >= 0.6 is 11.6 Å². The van der Waals surface area contributed by atoms with Crippen molar-refractivity contribution in [1.29, 1.82) is 0 Å². The van der Waals surface area contributed by atoms with Crippen LogP contribution in [0.2, 0.25) is 5.02 Å². The molecule has 0 radical (unpaired) electrons. The average molecular weight is 438 g/mol. The maximum absolute atomic E-state index is 12.7. The number of nitrogens with zero attached hydrogens (tertiary/aromatic N) is 1. The molecule has 2 nitrogen and oxygen atoms in total. The Labute approximate surface area is 181 Å². The van der Waals surface area contributed by atoms with Crippen molar-refractivity contribution < 1.29 is 17.9 Å².